The van der Waals surface area contributed by atoms with Crippen LogP contribution in [0.3, 0.4) is 0 Å². The maximum absolute atomic E-state index is 14.6. The number of ketones is 1. The second kappa shape index (κ2) is 7.55. The number of carbonyl (C=O) groups excluding carboxylic acids is 1. The molecular formula is C18H30ClF2NO2. The average molecular weight is 366 g/mol. The number of aliphatic hydroxyl groups excluding tert-OH is 1. The number of halogens is 3. The quantitative estimate of drug-likeness (QED) is 0.677. The summed E-state index contributed by atoms with van der Waals surface area (Å²) in [5.74, 6) is -3.89. The molecule has 0 aromatic rings. The van der Waals surface area contributed by atoms with Gasteiger partial charge < -0.3 is 10.4 Å². The van der Waals surface area contributed by atoms with Crippen molar-refractivity contribution in [2.75, 3.05) is 12.4 Å². The Morgan fingerprint density at radius 3 is 2.46 bits per heavy atom. The highest BCUT2D eigenvalue weighted by molar-refractivity contribution is 6.18. The first-order chi connectivity index (χ1) is 11.1. The predicted octanol–water partition coefficient (Wildman–Crippen LogP) is 3.62. The van der Waals surface area contributed by atoms with Gasteiger partial charge in [-0.2, -0.15) is 0 Å². The van der Waals surface area contributed by atoms with Crippen LogP contribution >= 0.6 is 11.6 Å². The lowest BCUT2D eigenvalue weighted by molar-refractivity contribution is -0.162. The summed E-state index contributed by atoms with van der Waals surface area (Å²) in [6.45, 7) is 5.61. The van der Waals surface area contributed by atoms with Crippen molar-refractivity contribution in [3.63, 3.8) is 0 Å². The van der Waals surface area contributed by atoms with E-state index >= 15 is 0 Å². The van der Waals surface area contributed by atoms with Crippen molar-refractivity contribution in [1.82, 2.24) is 5.32 Å². The lowest BCUT2D eigenvalue weighted by Gasteiger charge is -2.52. The van der Waals surface area contributed by atoms with E-state index in [2.05, 4.69) is 5.32 Å². The van der Waals surface area contributed by atoms with Crippen molar-refractivity contribution in [2.45, 2.75) is 70.4 Å². The van der Waals surface area contributed by atoms with E-state index in [9.17, 15) is 18.7 Å². The smallest absolute Gasteiger partial charge is 0.252 e. The van der Waals surface area contributed by atoms with E-state index in [0.29, 0.717) is 6.42 Å². The molecule has 0 bridgehead atoms. The summed E-state index contributed by atoms with van der Waals surface area (Å²) in [4.78, 5) is 13.2. The Bertz CT molecular complexity index is 456. The number of nitrogens with one attached hydrogen (secondary N) is 1. The van der Waals surface area contributed by atoms with Crippen LogP contribution in [0.1, 0.15) is 52.9 Å². The molecule has 3 nitrogen and oxygen atoms in total. The third kappa shape index (κ3) is 3.78. The SMILES string of the molecule is CC(C)C1CC(C)C(F)(F)CC1(NCC(O)CCl)C(=O)C1CCC1. The topological polar surface area (TPSA) is 49.3 Å². The molecule has 2 aliphatic carbocycles. The monoisotopic (exact) mass is 365 g/mol. The van der Waals surface area contributed by atoms with Gasteiger partial charge in [-0.05, 0) is 31.1 Å². The largest absolute Gasteiger partial charge is 0.391 e. The fraction of sp³-hybridized carbons (Fsp3) is 0.944. The standard InChI is InChI=1S/C18H30ClF2NO2/c1-11(2)15-7-12(3)18(20,21)10-17(15,22-9-14(23)8-19)16(24)13-5-4-6-13/h11-15,22-23H,4-10H2,1-3H3. The van der Waals surface area contributed by atoms with E-state index in [4.69, 9.17) is 11.6 Å². The Morgan fingerprint density at radius 1 is 1.38 bits per heavy atom. The Morgan fingerprint density at radius 2 is 2.00 bits per heavy atom. The van der Waals surface area contributed by atoms with Crippen molar-refractivity contribution in [2.24, 2.45) is 23.7 Å². The Balaban J connectivity index is 2.36. The molecule has 0 amide bonds. The van der Waals surface area contributed by atoms with Gasteiger partial charge in [-0.3, -0.25) is 4.79 Å². The molecule has 2 aliphatic rings. The normalized spacial score (nSPS) is 34.8. The van der Waals surface area contributed by atoms with E-state index in [0.717, 1.165) is 19.3 Å². The Kier molecular flexibility index (Phi) is 6.31. The Labute approximate surface area is 148 Å². The fourth-order valence-corrected chi connectivity index (χ4v) is 4.32. The summed E-state index contributed by atoms with van der Waals surface area (Å²) in [5, 5.41) is 12.9. The van der Waals surface area contributed by atoms with Crippen LogP contribution in [0.2, 0.25) is 0 Å². The molecule has 24 heavy (non-hydrogen) atoms. The number of β-amino-alcohol motifs (C(OH)–C–C–N with tert-alkyl or cyclic N) is 1. The van der Waals surface area contributed by atoms with Gasteiger partial charge in [0.05, 0.1) is 11.6 Å². The van der Waals surface area contributed by atoms with Crippen molar-refractivity contribution < 1.29 is 18.7 Å². The summed E-state index contributed by atoms with van der Waals surface area (Å²) in [5.41, 5.74) is -1.26. The van der Waals surface area contributed by atoms with Crippen molar-refractivity contribution in [1.29, 1.82) is 0 Å². The predicted molar refractivity (Wildman–Crippen MR) is 91.5 cm³/mol. The minimum Gasteiger partial charge on any atom is -0.391 e. The van der Waals surface area contributed by atoms with Gasteiger partial charge >= 0.3 is 0 Å². The molecular weight excluding hydrogens is 336 g/mol. The maximum atomic E-state index is 14.6. The highest BCUT2D eigenvalue weighted by atomic mass is 35.5. The van der Waals surface area contributed by atoms with Crippen LogP contribution in [-0.2, 0) is 4.79 Å². The second-order valence-corrected chi connectivity index (χ2v) is 8.39. The van der Waals surface area contributed by atoms with Gasteiger partial charge in [0, 0.05) is 30.7 Å². The number of rotatable bonds is 7. The molecule has 0 spiro atoms. The number of aliphatic hydroxyl groups is 1. The van der Waals surface area contributed by atoms with Crippen molar-refractivity contribution in [3.8, 4) is 0 Å². The van der Waals surface area contributed by atoms with Crippen LogP contribution in [0.25, 0.3) is 0 Å². The highest BCUT2D eigenvalue weighted by Crippen LogP contribution is 2.51. The summed E-state index contributed by atoms with van der Waals surface area (Å²) in [6, 6.07) is 0. The minimum atomic E-state index is -2.89. The third-order valence-corrected chi connectivity index (χ3v) is 6.38. The third-order valence-electron chi connectivity index (χ3n) is 6.03. The zero-order valence-electron chi connectivity index (χ0n) is 14.8. The molecule has 2 saturated carbocycles. The number of hydrogen-bond donors (Lipinski definition) is 2. The summed E-state index contributed by atoms with van der Waals surface area (Å²) in [7, 11) is 0. The summed E-state index contributed by atoms with van der Waals surface area (Å²) in [6.07, 6.45) is 1.54. The average Bonchev–Trinajstić information content (AvgIpc) is 2.45. The molecule has 0 aliphatic heterocycles. The van der Waals surface area contributed by atoms with Crippen LogP contribution in [0.4, 0.5) is 8.78 Å². The molecule has 0 radical (unpaired) electrons. The van der Waals surface area contributed by atoms with Crippen LogP contribution in [0, 0.1) is 23.7 Å². The molecule has 2 fully saturated rings. The zero-order valence-corrected chi connectivity index (χ0v) is 15.6. The van der Waals surface area contributed by atoms with E-state index in [1.54, 1.807) is 6.92 Å². The Hall–Kier alpha value is -0.260. The first kappa shape index (κ1) is 20.1. The van der Waals surface area contributed by atoms with Gasteiger partial charge in [-0.25, -0.2) is 8.78 Å². The van der Waals surface area contributed by atoms with Crippen molar-refractivity contribution in [3.05, 3.63) is 0 Å². The van der Waals surface area contributed by atoms with Gasteiger partial charge in [0.2, 0.25) is 0 Å². The number of hydrogen-bond acceptors (Lipinski definition) is 3. The number of carbonyl (C=O) groups is 1. The van der Waals surface area contributed by atoms with E-state index < -0.39 is 29.9 Å². The number of alkyl halides is 3. The molecule has 0 saturated heterocycles. The lowest BCUT2D eigenvalue weighted by atomic mass is 9.58. The van der Waals surface area contributed by atoms with Crippen molar-refractivity contribution >= 4 is 17.4 Å². The van der Waals surface area contributed by atoms with E-state index in [1.807, 2.05) is 13.8 Å². The molecule has 4 atom stereocenters. The van der Waals surface area contributed by atoms with Gasteiger partial charge in [-0.15, -0.1) is 11.6 Å². The fourth-order valence-electron chi connectivity index (χ4n) is 4.21. The van der Waals surface area contributed by atoms with Gasteiger partial charge in [0.1, 0.15) is 0 Å². The van der Waals surface area contributed by atoms with Crippen LogP contribution < -0.4 is 5.32 Å². The maximum Gasteiger partial charge on any atom is 0.252 e. The van der Waals surface area contributed by atoms with Crippen LogP contribution in [0.15, 0.2) is 0 Å². The minimum absolute atomic E-state index is 0.0137. The van der Waals surface area contributed by atoms with Gasteiger partial charge in [-0.1, -0.05) is 27.2 Å². The van der Waals surface area contributed by atoms with Gasteiger partial charge in [0.15, 0.2) is 5.78 Å². The molecule has 6 heteroatoms. The summed E-state index contributed by atoms with van der Waals surface area (Å²) < 4.78 is 29.2. The van der Waals surface area contributed by atoms with E-state index in [-0.39, 0.29) is 36.0 Å². The van der Waals surface area contributed by atoms with Crippen LogP contribution in [0.5, 0.6) is 0 Å². The van der Waals surface area contributed by atoms with Gasteiger partial charge in [0.25, 0.3) is 5.92 Å². The molecule has 0 aromatic carbocycles. The zero-order chi connectivity index (χ0) is 18.1. The van der Waals surface area contributed by atoms with Crippen LogP contribution in [-0.4, -0.2) is 40.9 Å². The second-order valence-electron chi connectivity index (χ2n) is 8.08. The number of Topliss-reactive ketones (excluding diaryl/α,β-unsaturated/α-hetero) is 1. The lowest BCUT2D eigenvalue weighted by Crippen LogP contribution is -2.67. The molecule has 0 aromatic heterocycles. The molecule has 140 valence electrons. The molecule has 2 N–H and O–H groups in total. The molecule has 2 rings (SSSR count). The molecule has 0 heterocycles. The molecule has 4 unspecified atom stereocenters. The highest BCUT2D eigenvalue weighted by Gasteiger charge is 2.60. The first-order valence-electron chi connectivity index (χ1n) is 9.05. The first-order valence-corrected chi connectivity index (χ1v) is 9.58. The summed E-state index contributed by atoms with van der Waals surface area (Å²) >= 11 is 5.65. The van der Waals surface area contributed by atoms with E-state index in [1.165, 1.54) is 0 Å².